The topological polar surface area (TPSA) is 50.8 Å². The fraction of sp³-hybridized carbons (Fsp3) is 0.632. The molecular weight excluding hydrogens is 304 g/mol. The number of carbonyl (C=O) groups excluding carboxylic acids is 1. The number of nitrogens with zero attached hydrogens (tertiary/aromatic N) is 1. The predicted molar refractivity (Wildman–Crippen MR) is 95.8 cm³/mol. The average Bonchev–Trinajstić information content (AvgIpc) is 3.41. The van der Waals surface area contributed by atoms with Crippen molar-refractivity contribution in [3.05, 3.63) is 23.8 Å². The zero-order valence-corrected chi connectivity index (χ0v) is 15.3. The molecule has 0 radical (unpaired) electrons. The second-order valence-corrected chi connectivity index (χ2v) is 6.32. The SMILES string of the molecule is CCOc1ccc(CCNC(=O)N(C)C(C)C2CC2)cc1OCC. The van der Waals surface area contributed by atoms with Crippen LogP contribution in [-0.2, 0) is 6.42 Å². The van der Waals surface area contributed by atoms with Crippen molar-refractivity contribution in [2.45, 2.75) is 46.1 Å². The number of benzene rings is 1. The van der Waals surface area contributed by atoms with Crippen LogP contribution >= 0.6 is 0 Å². The third-order valence-electron chi connectivity index (χ3n) is 4.53. The van der Waals surface area contributed by atoms with Crippen LogP contribution in [0.2, 0.25) is 0 Å². The first-order valence-electron chi connectivity index (χ1n) is 8.96. The van der Waals surface area contributed by atoms with Gasteiger partial charge in [-0.1, -0.05) is 6.07 Å². The zero-order valence-electron chi connectivity index (χ0n) is 15.3. The van der Waals surface area contributed by atoms with Gasteiger partial charge in [0, 0.05) is 19.6 Å². The van der Waals surface area contributed by atoms with Crippen molar-refractivity contribution in [1.82, 2.24) is 10.2 Å². The van der Waals surface area contributed by atoms with Gasteiger partial charge in [0.05, 0.1) is 13.2 Å². The van der Waals surface area contributed by atoms with Gasteiger partial charge in [0.15, 0.2) is 11.5 Å². The minimum Gasteiger partial charge on any atom is -0.490 e. The quantitative estimate of drug-likeness (QED) is 0.752. The number of ether oxygens (including phenoxy) is 2. The van der Waals surface area contributed by atoms with Gasteiger partial charge in [0.2, 0.25) is 0 Å². The minimum absolute atomic E-state index is 0.00497. The Labute approximate surface area is 145 Å². The van der Waals surface area contributed by atoms with Crippen LogP contribution in [0.15, 0.2) is 18.2 Å². The normalized spacial score (nSPS) is 14.8. The van der Waals surface area contributed by atoms with E-state index in [0.717, 1.165) is 23.5 Å². The summed E-state index contributed by atoms with van der Waals surface area (Å²) in [6.07, 6.45) is 3.25. The molecule has 24 heavy (non-hydrogen) atoms. The highest BCUT2D eigenvalue weighted by atomic mass is 16.5. The van der Waals surface area contributed by atoms with Crippen LogP contribution in [0.25, 0.3) is 0 Å². The maximum Gasteiger partial charge on any atom is 0.317 e. The number of carbonyl (C=O) groups is 1. The number of nitrogens with one attached hydrogen (secondary N) is 1. The van der Waals surface area contributed by atoms with Crippen molar-refractivity contribution >= 4 is 6.03 Å². The maximum atomic E-state index is 12.2. The maximum absolute atomic E-state index is 12.2. The lowest BCUT2D eigenvalue weighted by molar-refractivity contribution is 0.188. The van der Waals surface area contributed by atoms with E-state index in [9.17, 15) is 4.79 Å². The third kappa shape index (κ3) is 5.05. The molecule has 1 unspecified atom stereocenters. The molecular formula is C19H30N2O3. The molecule has 2 rings (SSSR count). The van der Waals surface area contributed by atoms with Gasteiger partial charge in [-0.3, -0.25) is 0 Å². The molecule has 5 nitrogen and oxygen atoms in total. The second kappa shape index (κ2) is 8.81. The van der Waals surface area contributed by atoms with Gasteiger partial charge in [-0.25, -0.2) is 4.79 Å². The van der Waals surface area contributed by atoms with E-state index in [1.54, 1.807) is 0 Å². The molecule has 0 saturated heterocycles. The lowest BCUT2D eigenvalue weighted by atomic mass is 10.1. The van der Waals surface area contributed by atoms with Crippen molar-refractivity contribution in [3.63, 3.8) is 0 Å². The summed E-state index contributed by atoms with van der Waals surface area (Å²) < 4.78 is 11.2. The van der Waals surface area contributed by atoms with Crippen LogP contribution in [0.4, 0.5) is 4.79 Å². The van der Waals surface area contributed by atoms with Crippen LogP contribution in [0.1, 0.15) is 39.2 Å². The van der Waals surface area contributed by atoms with Crippen LogP contribution in [-0.4, -0.2) is 43.8 Å². The van der Waals surface area contributed by atoms with Crippen LogP contribution in [0, 0.1) is 5.92 Å². The van der Waals surface area contributed by atoms with Gasteiger partial charge in [0.1, 0.15) is 0 Å². The molecule has 1 aromatic rings. The minimum atomic E-state index is 0.00497. The molecule has 1 aromatic carbocycles. The van der Waals surface area contributed by atoms with E-state index < -0.39 is 0 Å². The summed E-state index contributed by atoms with van der Waals surface area (Å²) in [6.45, 7) is 7.86. The van der Waals surface area contributed by atoms with Gasteiger partial charge in [0.25, 0.3) is 0 Å². The fourth-order valence-corrected chi connectivity index (χ4v) is 2.77. The van der Waals surface area contributed by atoms with E-state index in [1.165, 1.54) is 12.8 Å². The second-order valence-electron chi connectivity index (χ2n) is 6.32. The zero-order chi connectivity index (χ0) is 17.5. The molecule has 1 N–H and O–H groups in total. The molecule has 1 aliphatic rings. The van der Waals surface area contributed by atoms with E-state index in [4.69, 9.17) is 9.47 Å². The Hall–Kier alpha value is -1.91. The molecule has 0 aromatic heterocycles. The number of rotatable bonds is 9. The number of amides is 2. The summed E-state index contributed by atoms with van der Waals surface area (Å²) in [7, 11) is 1.88. The van der Waals surface area contributed by atoms with Gasteiger partial charge in [-0.2, -0.15) is 0 Å². The van der Waals surface area contributed by atoms with E-state index >= 15 is 0 Å². The van der Waals surface area contributed by atoms with Crippen molar-refractivity contribution < 1.29 is 14.3 Å². The standard InChI is InChI=1S/C19H30N2O3/c1-5-23-17-10-7-15(13-18(17)24-6-2)11-12-20-19(22)21(4)14(3)16-8-9-16/h7,10,13-14,16H,5-6,8-9,11-12H2,1-4H3,(H,20,22). The smallest absolute Gasteiger partial charge is 0.317 e. The van der Waals surface area contributed by atoms with Crippen LogP contribution in [0.5, 0.6) is 11.5 Å². The summed E-state index contributed by atoms with van der Waals surface area (Å²) in [5.41, 5.74) is 1.13. The molecule has 1 saturated carbocycles. The van der Waals surface area contributed by atoms with E-state index in [2.05, 4.69) is 12.2 Å². The van der Waals surface area contributed by atoms with E-state index in [0.29, 0.717) is 31.7 Å². The van der Waals surface area contributed by atoms with Crippen molar-refractivity contribution in [1.29, 1.82) is 0 Å². The van der Waals surface area contributed by atoms with Gasteiger partial charge in [-0.05, 0) is 63.6 Å². The van der Waals surface area contributed by atoms with Crippen LogP contribution in [0.3, 0.4) is 0 Å². The van der Waals surface area contributed by atoms with Crippen molar-refractivity contribution in [2.75, 3.05) is 26.8 Å². The fourth-order valence-electron chi connectivity index (χ4n) is 2.77. The first-order chi connectivity index (χ1) is 11.6. The molecule has 0 bridgehead atoms. The Morgan fingerprint density at radius 2 is 1.92 bits per heavy atom. The van der Waals surface area contributed by atoms with Gasteiger partial charge >= 0.3 is 6.03 Å². The lowest BCUT2D eigenvalue weighted by Crippen LogP contribution is -2.43. The monoisotopic (exact) mass is 334 g/mol. The lowest BCUT2D eigenvalue weighted by Gasteiger charge is -2.25. The largest absolute Gasteiger partial charge is 0.490 e. The van der Waals surface area contributed by atoms with Gasteiger partial charge in [-0.15, -0.1) is 0 Å². The first kappa shape index (κ1) is 18.4. The Morgan fingerprint density at radius 3 is 2.54 bits per heavy atom. The van der Waals surface area contributed by atoms with Gasteiger partial charge < -0.3 is 19.7 Å². The molecule has 2 amide bonds. The molecule has 1 fully saturated rings. The summed E-state index contributed by atoms with van der Waals surface area (Å²) >= 11 is 0. The highest BCUT2D eigenvalue weighted by Crippen LogP contribution is 2.34. The summed E-state index contributed by atoms with van der Waals surface area (Å²) in [5.74, 6) is 2.22. The predicted octanol–water partition coefficient (Wildman–Crippen LogP) is 3.47. The first-order valence-corrected chi connectivity index (χ1v) is 8.96. The Bertz CT molecular complexity index is 543. The molecule has 0 spiro atoms. The molecule has 1 atom stereocenters. The summed E-state index contributed by atoms with van der Waals surface area (Å²) in [4.78, 5) is 14.0. The Kier molecular flexibility index (Phi) is 6.76. The Balaban J connectivity index is 1.84. The highest BCUT2D eigenvalue weighted by Gasteiger charge is 2.32. The Morgan fingerprint density at radius 1 is 1.25 bits per heavy atom. The summed E-state index contributed by atoms with van der Waals surface area (Å²) in [5, 5.41) is 3.00. The molecule has 134 valence electrons. The highest BCUT2D eigenvalue weighted by molar-refractivity contribution is 5.74. The van der Waals surface area contributed by atoms with E-state index in [-0.39, 0.29) is 6.03 Å². The molecule has 5 heteroatoms. The van der Waals surface area contributed by atoms with Crippen LogP contribution < -0.4 is 14.8 Å². The van der Waals surface area contributed by atoms with E-state index in [1.807, 2.05) is 44.0 Å². The molecule has 0 aliphatic heterocycles. The average molecular weight is 334 g/mol. The number of hydrogen-bond donors (Lipinski definition) is 1. The number of hydrogen-bond acceptors (Lipinski definition) is 3. The summed E-state index contributed by atoms with van der Waals surface area (Å²) in [6, 6.07) is 6.28. The molecule has 0 heterocycles. The number of urea groups is 1. The molecule has 1 aliphatic carbocycles. The third-order valence-corrected chi connectivity index (χ3v) is 4.53. The van der Waals surface area contributed by atoms with Crippen molar-refractivity contribution in [3.8, 4) is 11.5 Å². The van der Waals surface area contributed by atoms with Crippen molar-refractivity contribution in [2.24, 2.45) is 5.92 Å².